The fraction of sp³-hybridized carbons (Fsp3) is 0.143. The highest BCUT2D eigenvalue weighted by Crippen LogP contribution is 2.27. The lowest BCUT2D eigenvalue weighted by atomic mass is 10.2. The molecule has 0 amide bonds. The highest BCUT2D eigenvalue weighted by molar-refractivity contribution is 5.77. The van der Waals surface area contributed by atoms with E-state index in [4.69, 9.17) is 10.5 Å². The second-order valence-electron chi connectivity index (χ2n) is 3.93. The van der Waals surface area contributed by atoms with Crippen LogP contribution < -0.4 is 15.8 Å². The number of pyridine rings is 1. The quantitative estimate of drug-likeness (QED) is 0.496. The Kier molecular flexibility index (Phi) is 4.39. The van der Waals surface area contributed by atoms with Crippen molar-refractivity contribution in [3.05, 3.63) is 42.2 Å². The number of oxime groups is 1. The molecule has 1 heterocycles. The first-order valence-corrected chi connectivity index (χ1v) is 6.00. The molecule has 0 spiro atoms. The Hall–Kier alpha value is -2.76. The van der Waals surface area contributed by atoms with Gasteiger partial charge in [0.2, 0.25) is 0 Å². The summed E-state index contributed by atoms with van der Waals surface area (Å²) in [4.78, 5) is 8.73. The zero-order valence-corrected chi connectivity index (χ0v) is 11.3. The van der Waals surface area contributed by atoms with Crippen molar-refractivity contribution in [3.63, 3.8) is 0 Å². The van der Waals surface area contributed by atoms with Gasteiger partial charge in [-0.1, -0.05) is 5.16 Å². The van der Waals surface area contributed by atoms with E-state index < -0.39 is 0 Å². The Bertz CT molecular complexity index is 614. The molecule has 0 radical (unpaired) electrons. The summed E-state index contributed by atoms with van der Waals surface area (Å²) in [7, 11) is 3.29. The molecule has 0 saturated carbocycles. The van der Waals surface area contributed by atoms with E-state index in [9.17, 15) is 0 Å². The molecule has 0 aliphatic carbocycles. The highest BCUT2D eigenvalue weighted by atomic mass is 16.6. The zero-order valence-electron chi connectivity index (χ0n) is 11.3. The normalized spacial score (nSPS) is 10.5. The third-order valence-electron chi connectivity index (χ3n) is 2.57. The molecule has 0 aliphatic rings. The van der Waals surface area contributed by atoms with Crippen molar-refractivity contribution in [1.82, 2.24) is 4.98 Å². The van der Waals surface area contributed by atoms with E-state index in [2.05, 4.69) is 20.3 Å². The molecule has 6 nitrogen and oxygen atoms in total. The molecule has 0 aliphatic heterocycles. The Morgan fingerprint density at radius 3 is 2.75 bits per heavy atom. The van der Waals surface area contributed by atoms with E-state index in [-0.39, 0.29) is 0 Å². The predicted octanol–water partition coefficient (Wildman–Crippen LogP) is 2.48. The van der Waals surface area contributed by atoms with Crippen molar-refractivity contribution < 1.29 is 9.57 Å². The second-order valence-corrected chi connectivity index (χ2v) is 3.93. The van der Waals surface area contributed by atoms with Gasteiger partial charge in [0, 0.05) is 25.4 Å². The van der Waals surface area contributed by atoms with Crippen molar-refractivity contribution in [2.75, 3.05) is 25.2 Å². The molecule has 0 fully saturated rings. The fourth-order valence-electron chi connectivity index (χ4n) is 1.64. The van der Waals surface area contributed by atoms with Crippen LogP contribution in [-0.4, -0.2) is 25.4 Å². The van der Waals surface area contributed by atoms with Crippen LogP contribution in [0.4, 0.5) is 11.4 Å². The van der Waals surface area contributed by atoms with E-state index in [0.717, 1.165) is 5.69 Å². The molecule has 2 aromatic rings. The molecule has 0 saturated heterocycles. The monoisotopic (exact) mass is 272 g/mol. The second kappa shape index (κ2) is 6.42. The minimum absolute atomic E-state index is 0.625. The third kappa shape index (κ3) is 3.38. The van der Waals surface area contributed by atoms with Crippen LogP contribution in [0.5, 0.6) is 11.5 Å². The average Bonchev–Trinajstić information content (AvgIpc) is 2.46. The number of nitrogens with one attached hydrogen (secondary N) is 1. The summed E-state index contributed by atoms with van der Waals surface area (Å²) in [5.74, 6) is 1.30. The lowest BCUT2D eigenvalue weighted by molar-refractivity contribution is 0.215. The molecular weight excluding hydrogens is 256 g/mol. The Labute approximate surface area is 117 Å². The van der Waals surface area contributed by atoms with Gasteiger partial charge in [-0.15, -0.1) is 0 Å². The summed E-state index contributed by atoms with van der Waals surface area (Å²) in [6.45, 7) is 0. The van der Waals surface area contributed by atoms with Gasteiger partial charge in [0.15, 0.2) is 0 Å². The van der Waals surface area contributed by atoms with Gasteiger partial charge in [0.05, 0.1) is 23.3 Å². The Morgan fingerprint density at radius 1 is 1.25 bits per heavy atom. The molecule has 6 heteroatoms. The van der Waals surface area contributed by atoms with Crippen LogP contribution in [0.25, 0.3) is 0 Å². The van der Waals surface area contributed by atoms with E-state index in [0.29, 0.717) is 22.9 Å². The van der Waals surface area contributed by atoms with Gasteiger partial charge >= 0.3 is 0 Å². The predicted molar refractivity (Wildman–Crippen MR) is 79.3 cm³/mol. The number of ether oxygens (including phenoxy) is 1. The van der Waals surface area contributed by atoms with E-state index in [1.807, 2.05) is 19.2 Å². The number of nitrogens with two attached hydrogens (primary N) is 1. The summed E-state index contributed by atoms with van der Waals surface area (Å²) >= 11 is 0. The van der Waals surface area contributed by atoms with Crippen LogP contribution in [0.2, 0.25) is 0 Å². The summed E-state index contributed by atoms with van der Waals surface area (Å²) < 4.78 is 5.73. The summed E-state index contributed by atoms with van der Waals surface area (Å²) in [6, 6.07) is 8.97. The average molecular weight is 272 g/mol. The molecule has 1 aromatic heterocycles. The maximum atomic E-state index is 5.89. The van der Waals surface area contributed by atoms with Gasteiger partial charge in [0.25, 0.3) is 0 Å². The number of anilines is 2. The zero-order chi connectivity index (χ0) is 14.4. The van der Waals surface area contributed by atoms with E-state index in [1.165, 1.54) is 13.3 Å². The molecule has 20 heavy (non-hydrogen) atoms. The van der Waals surface area contributed by atoms with Crippen molar-refractivity contribution >= 4 is 17.6 Å². The molecule has 0 atom stereocenters. The first-order valence-electron chi connectivity index (χ1n) is 6.00. The van der Waals surface area contributed by atoms with Crippen molar-refractivity contribution in [2.45, 2.75) is 0 Å². The number of benzene rings is 1. The Balaban J connectivity index is 2.17. The number of rotatable bonds is 5. The lowest BCUT2D eigenvalue weighted by Gasteiger charge is -2.09. The standard InChI is InChI=1S/C14H16N4O2/c1-16-14-4-3-11(8-13(14)15)20-12-5-6-17-10(7-12)9-18-19-2/h3-9,16H,15H2,1-2H3. The largest absolute Gasteiger partial charge is 0.457 e. The summed E-state index contributed by atoms with van der Waals surface area (Å²) in [6.07, 6.45) is 3.14. The number of nitrogens with zero attached hydrogens (tertiary/aromatic N) is 2. The number of nitrogen functional groups attached to an aromatic ring is 1. The van der Waals surface area contributed by atoms with E-state index >= 15 is 0 Å². The van der Waals surface area contributed by atoms with Crippen LogP contribution in [0.1, 0.15) is 5.69 Å². The number of hydrogen-bond donors (Lipinski definition) is 2. The topological polar surface area (TPSA) is 81.8 Å². The molecule has 3 N–H and O–H groups in total. The van der Waals surface area contributed by atoms with Gasteiger partial charge in [0.1, 0.15) is 18.6 Å². The smallest absolute Gasteiger partial charge is 0.131 e. The maximum absolute atomic E-state index is 5.89. The van der Waals surface area contributed by atoms with Gasteiger partial charge < -0.3 is 20.6 Å². The third-order valence-corrected chi connectivity index (χ3v) is 2.57. The number of aromatic nitrogens is 1. The van der Waals surface area contributed by atoms with Crippen LogP contribution in [0.3, 0.4) is 0 Å². The van der Waals surface area contributed by atoms with Gasteiger partial charge in [-0.3, -0.25) is 4.98 Å². The van der Waals surface area contributed by atoms with Crippen LogP contribution in [0, 0.1) is 0 Å². The van der Waals surface area contributed by atoms with Gasteiger partial charge in [-0.25, -0.2) is 0 Å². The lowest BCUT2D eigenvalue weighted by Crippen LogP contribution is -1.96. The molecule has 2 rings (SSSR count). The van der Waals surface area contributed by atoms with Crippen molar-refractivity contribution in [1.29, 1.82) is 0 Å². The molecule has 0 unspecified atom stereocenters. The van der Waals surface area contributed by atoms with Crippen molar-refractivity contribution in [3.8, 4) is 11.5 Å². The van der Waals surface area contributed by atoms with Gasteiger partial charge in [-0.05, 0) is 18.2 Å². The molecule has 1 aromatic carbocycles. The van der Waals surface area contributed by atoms with Crippen LogP contribution >= 0.6 is 0 Å². The SMILES string of the molecule is CNc1ccc(Oc2ccnc(C=NOC)c2)cc1N. The summed E-state index contributed by atoms with van der Waals surface area (Å²) in [5.41, 5.74) is 8.02. The summed E-state index contributed by atoms with van der Waals surface area (Å²) in [5, 5.41) is 6.65. The Morgan fingerprint density at radius 2 is 2.05 bits per heavy atom. The van der Waals surface area contributed by atoms with Crippen LogP contribution in [-0.2, 0) is 4.84 Å². The van der Waals surface area contributed by atoms with Gasteiger partial charge in [-0.2, -0.15) is 0 Å². The first kappa shape index (κ1) is 13.7. The number of hydrogen-bond acceptors (Lipinski definition) is 6. The minimum Gasteiger partial charge on any atom is -0.457 e. The van der Waals surface area contributed by atoms with Crippen LogP contribution in [0.15, 0.2) is 41.7 Å². The van der Waals surface area contributed by atoms with E-state index in [1.54, 1.807) is 24.4 Å². The molecular formula is C14H16N4O2. The highest BCUT2D eigenvalue weighted by Gasteiger charge is 2.02. The molecule has 0 bridgehead atoms. The van der Waals surface area contributed by atoms with Crippen molar-refractivity contribution in [2.24, 2.45) is 5.16 Å². The fourth-order valence-corrected chi connectivity index (χ4v) is 1.64. The maximum Gasteiger partial charge on any atom is 0.131 e. The molecule has 104 valence electrons. The first-order chi connectivity index (χ1) is 9.72. The minimum atomic E-state index is 0.625.